The van der Waals surface area contributed by atoms with Crippen molar-refractivity contribution in [2.45, 2.75) is 25.3 Å². The van der Waals surface area contributed by atoms with Gasteiger partial charge in [-0.25, -0.2) is 0 Å². The Kier molecular flexibility index (Phi) is 5.45. The Bertz CT molecular complexity index is 828. The van der Waals surface area contributed by atoms with E-state index in [-0.39, 0.29) is 0 Å². The van der Waals surface area contributed by atoms with E-state index in [1.807, 2.05) is 67.7 Å². The van der Waals surface area contributed by atoms with E-state index in [0.29, 0.717) is 24.7 Å². The maximum absolute atomic E-state index is 10.2. The summed E-state index contributed by atoms with van der Waals surface area (Å²) in [5.74, 6) is 1.22. The van der Waals surface area contributed by atoms with Crippen LogP contribution in [0.15, 0.2) is 65.2 Å². The summed E-state index contributed by atoms with van der Waals surface area (Å²) in [6, 6.07) is 22.6. The smallest absolute Gasteiger partial charge is 0.223 e. The molecule has 0 radical (unpaired) electrons. The van der Waals surface area contributed by atoms with E-state index in [2.05, 4.69) is 21.1 Å². The van der Waals surface area contributed by atoms with Crippen molar-refractivity contribution in [2.75, 3.05) is 13.6 Å². The second-order valence-electron chi connectivity index (χ2n) is 6.47. The molecule has 0 saturated heterocycles. The molecule has 0 bridgehead atoms. The molecule has 0 amide bonds. The number of rotatable bonds is 7. The SMILES string of the molecule is Cc1nc(CN(C)CCC(C#N)(c2ccccc2)c2ccccc2)no1. The molecule has 0 spiro atoms. The first-order chi connectivity index (χ1) is 12.6. The highest BCUT2D eigenvalue weighted by atomic mass is 16.5. The van der Waals surface area contributed by atoms with Crippen LogP contribution in [0, 0.1) is 18.3 Å². The maximum atomic E-state index is 10.2. The molecule has 0 aliphatic heterocycles. The minimum absolute atomic E-state index is 0.563. The molecule has 5 nitrogen and oxygen atoms in total. The summed E-state index contributed by atoms with van der Waals surface area (Å²) >= 11 is 0. The van der Waals surface area contributed by atoms with E-state index in [4.69, 9.17) is 4.52 Å². The van der Waals surface area contributed by atoms with Gasteiger partial charge in [-0.2, -0.15) is 10.2 Å². The van der Waals surface area contributed by atoms with E-state index < -0.39 is 5.41 Å². The van der Waals surface area contributed by atoms with Crippen molar-refractivity contribution in [1.82, 2.24) is 15.0 Å². The normalized spacial score (nSPS) is 11.5. The van der Waals surface area contributed by atoms with Gasteiger partial charge in [0.1, 0.15) is 5.41 Å². The third-order valence-corrected chi connectivity index (χ3v) is 4.57. The van der Waals surface area contributed by atoms with Gasteiger partial charge in [0.05, 0.1) is 12.6 Å². The summed E-state index contributed by atoms with van der Waals surface area (Å²) in [4.78, 5) is 6.36. The van der Waals surface area contributed by atoms with Crippen LogP contribution in [-0.4, -0.2) is 28.6 Å². The lowest BCUT2D eigenvalue weighted by atomic mass is 9.73. The fourth-order valence-corrected chi connectivity index (χ4v) is 3.17. The molecule has 5 heteroatoms. The summed E-state index contributed by atoms with van der Waals surface area (Å²) in [6.45, 7) is 3.09. The first-order valence-corrected chi connectivity index (χ1v) is 8.64. The van der Waals surface area contributed by atoms with Gasteiger partial charge in [0.15, 0.2) is 5.82 Å². The van der Waals surface area contributed by atoms with Gasteiger partial charge < -0.3 is 4.52 Å². The van der Waals surface area contributed by atoms with Crippen LogP contribution in [0.25, 0.3) is 0 Å². The molecule has 0 N–H and O–H groups in total. The highest BCUT2D eigenvalue weighted by Gasteiger charge is 2.34. The summed E-state index contributed by atoms with van der Waals surface area (Å²) < 4.78 is 5.03. The number of aryl methyl sites for hydroxylation is 1. The highest BCUT2D eigenvalue weighted by Crippen LogP contribution is 2.35. The van der Waals surface area contributed by atoms with Crippen molar-refractivity contribution in [2.24, 2.45) is 0 Å². The molecule has 3 rings (SSSR count). The predicted octanol–water partition coefficient (Wildman–Crippen LogP) is 3.71. The van der Waals surface area contributed by atoms with Crippen molar-refractivity contribution in [3.63, 3.8) is 0 Å². The lowest BCUT2D eigenvalue weighted by molar-refractivity contribution is 0.290. The molecule has 0 saturated carbocycles. The van der Waals surface area contributed by atoms with Crippen LogP contribution in [0.2, 0.25) is 0 Å². The number of aromatic nitrogens is 2. The molecule has 0 atom stereocenters. The molecule has 1 aromatic heterocycles. The quantitative estimate of drug-likeness (QED) is 0.652. The molecular weight excluding hydrogens is 324 g/mol. The fraction of sp³-hybridized carbons (Fsp3) is 0.286. The van der Waals surface area contributed by atoms with Gasteiger partial charge in [-0.3, -0.25) is 4.90 Å². The minimum atomic E-state index is -0.691. The number of benzene rings is 2. The highest BCUT2D eigenvalue weighted by molar-refractivity contribution is 5.45. The van der Waals surface area contributed by atoms with Crippen LogP contribution in [0.3, 0.4) is 0 Å². The molecule has 0 aliphatic rings. The lowest BCUT2D eigenvalue weighted by Gasteiger charge is -2.30. The summed E-state index contributed by atoms with van der Waals surface area (Å²) in [7, 11) is 2.00. The van der Waals surface area contributed by atoms with E-state index in [0.717, 1.165) is 17.7 Å². The molecule has 26 heavy (non-hydrogen) atoms. The Morgan fingerprint density at radius 3 is 2.08 bits per heavy atom. The maximum Gasteiger partial charge on any atom is 0.223 e. The molecule has 2 aromatic carbocycles. The van der Waals surface area contributed by atoms with Gasteiger partial charge >= 0.3 is 0 Å². The van der Waals surface area contributed by atoms with E-state index >= 15 is 0 Å². The molecule has 132 valence electrons. The first-order valence-electron chi connectivity index (χ1n) is 8.64. The topological polar surface area (TPSA) is 66.0 Å². The summed E-state index contributed by atoms with van der Waals surface area (Å²) in [5.41, 5.74) is 1.33. The van der Waals surface area contributed by atoms with Crippen molar-refractivity contribution >= 4 is 0 Å². The summed E-state index contributed by atoms with van der Waals surface area (Å²) in [6.07, 6.45) is 0.671. The number of nitrogens with zero attached hydrogens (tertiary/aromatic N) is 4. The number of hydrogen-bond acceptors (Lipinski definition) is 5. The zero-order valence-corrected chi connectivity index (χ0v) is 15.1. The van der Waals surface area contributed by atoms with Crippen LogP contribution in [0.1, 0.15) is 29.3 Å². The lowest BCUT2D eigenvalue weighted by Crippen LogP contribution is -2.32. The Labute approximate surface area is 153 Å². The Morgan fingerprint density at radius 1 is 1.04 bits per heavy atom. The zero-order chi connectivity index (χ0) is 18.4. The summed E-state index contributed by atoms with van der Waals surface area (Å²) in [5, 5.41) is 14.1. The van der Waals surface area contributed by atoms with Gasteiger partial charge in [0, 0.05) is 13.5 Å². The second kappa shape index (κ2) is 7.94. The van der Waals surface area contributed by atoms with Gasteiger partial charge in [0.2, 0.25) is 5.89 Å². The van der Waals surface area contributed by atoms with Gasteiger partial charge in [-0.1, -0.05) is 65.8 Å². The number of nitriles is 1. The Hall–Kier alpha value is -2.97. The molecular formula is C21H22N4O. The van der Waals surface area contributed by atoms with Crippen molar-refractivity contribution < 1.29 is 4.52 Å². The van der Waals surface area contributed by atoms with E-state index in [1.165, 1.54) is 0 Å². The van der Waals surface area contributed by atoms with Crippen molar-refractivity contribution in [1.29, 1.82) is 5.26 Å². The van der Waals surface area contributed by atoms with Gasteiger partial charge in [-0.05, 0) is 24.6 Å². The first kappa shape index (κ1) is 17.8. The predicted molar refractivity (Wildman–Crippen MR) is 99.3 cm³/mol. The van der Waals surface area contributed by atoms with Crippen LogP contribution < -0.4 is 0 Å². The van der Waals surface area contributed by atoms with Gasteiger partial charge in [-0.15, -0.1) is 0 Å². The molecule has 0 unspecified atom stereocenters. The largest absolute Gasteiger partial charge is 0.340 e. The standard InChI is InChI=1S/C21H22N4O/c1-17-23-20(24-26-17)15-25(2)14-13-21(16-22,18-9-5-3-6-10-18)19-11-7-4-8-12-19/h3-12H,13-15H2,1-2H3. The van der Waals surface area contributed by atoms with Gasteiger partial charge in [0.25, 0.3) is 0 Å². The fourth-order valence-electron chi connectivity index (χ4n) is 3.17. The van der Waals surface area contributed by atoms with Crippen LogP contribution in [-0.2, 0) is 12.0 Å². The van der Waals surface area contributed by atoms with Crippen molar-refractivity contribution in [3.8, 4) is 6.07 Å². The van der Waals surface area contributed by atoms with Crippen LogP contribution >= 0.6 is 0 Å². The molecule has 0 aliphatic carbocycles. The second-order valence-corrected chi connectivity index (χ2v) is 6.47. The van der Waals surface area contributed by atoms with Crippen LogP contribution in [0.4, 0.5) is 0 Å². The Morgan fingerprint density at radius 2 is 1.62 bits per heavy atom. The van der Waals surface area contributed by atoms with Crippen LogP contribution in [0.5, 0.6) is 0 Å². The average Bonchev–Trinajstić information content (AvgIpc) is 3.09. The monoisotopic (exact) mass is 346 g/mol. The van der Waals surface area contributed by atoms with E-state index in [9.17, 15) is 5.26 Å². The Balaban J connectivity index is 1.83. The van der Waals surface area contributed by atoms with E-state index in [1.54, 1.807) is 6.92 Å². The minimum Gasteiger partial charge on any atom is -0.340 e. The molecule has 1 heterocycles. The molecule has 0 fully saturated rings. The average molecular weight is 346 g/mol. The van der Waals surface area contributed by atoms with Crippen molar-refractivity contribution in [3.05, 3.63) is 83.5 Å². The third-order valence-electron chi connectivity index (χ3n) is 4.57. The molecule has 3 aromatic rings. The third kappa shape index (κ3) is 3.81. The zero-order valence-electron chi connectivity index (χ0n) is 15.1. The number of hydrogen-bond donors (Lipinski definition) is 0.